The van der Waals surface area contributed by atoms with Crippen LogP contribution in [-0.2, 0) is 4.79 Å². The molecular formula is C14H18F2N2O3. The second-order valence-electron chi connectivity index (χ2n) is 4.89. The number of piperazine rings is 1. The van der Waals surface area contributed by atoms with Crippen molar-refractivity contribution in [3.63, 3.8) is 0 Å². The number of carboxylic acids is 1. The van der Waals surface area contributed by atoms with E-state index in [0.29, 0.717) is 25.2 Å². The Bertz CT molecular complexity index is 499. The van der Waals surface area contributed by atoms with E-state index in [2.05, 4.69) is 10.1 Å². The average Bonchev–Trinajstić information content (AvgIpc) is 2.46. The van der Waals surface area contributed by atoms with Gasteiger partial charge >= 0.3 is 12.6 Å². The van der Waals surface area contributed by atoms with Gasteiger partial charge in [-0.05, 0) is 13.0 Å². The molecule has 0 aliphatic carbocycles. The number of carbonyl (C=O) groups is 1. The number of aliphatic carboxylic acids is 1. The van der Waals surface area contributed by atoms with E-state index in [9.17, 15) is 18.7 Å². The molecule has 2 atom stereocenters. The number of carboxylic acid groups (broad SMARTS) is 1. The van der Waals surface area contributed by atoms with Gasteiger partial charge in [-0.25, -0.2) is 0 Å². The summed E-state index contributed by atoms with van der Waals surface area (Å²) in [6, 6.07) is 5.47. The van der Waals surface area contributed by atoms with Crippen LogP contribution in [0.2, 0.25) is 0 Å². The molecule has 1 aliphatic heterocycles. The predicted molar refractivity (Wildman–Crippen MR) is 72.5 cm³/mol. The molecule has 0 spiro atoms. The Morgan fingerprint density at radius 3 is 2.86 bits per heavy atom. The third-order valence-electron chi connectivity index (χ3n) is 3.65. The van der Waals surface area contributed by atoms with Crippen LogP contribution in [0.1, 0.15) is 18.5 Å². The van der Waals surface area contributed by atoms with Crippen molar-refractivity contribution in [1.29, 1.82) is 0 Å². The highest BCUT2D eigenvalue weighted by molar-refractivity contribution is 5.74. The number of nitrogens with zero attached hydrogens (tertiary/aromatic N) is 1. The molecule has 0 amide bonds. The molecule has 0 saturated carbocycles. The minimum Gasteiger partial charge on any atom is -0.480 e. The molecule has 0 bridgehead atoms. The number of alkyl halides is 2. The van der Waals surface area contributed by atoms with E-state index in [1.165, 1.54) is 6.07 Å². The van der Waals surface area contributed by atoms with Crippen molar-refractivity contribution in [1.82, 2.24) is 10.2 Å². The topological polar surface area (TPSA) is 61.8 Å². The van der Waals surface area contributed by atoms with Crippen molar-refractivity contribution in [2.45, 2.75) is 25.6 Å². The third kappa shape index (κ3) is 3.68. The summed E-state index contributed by atoms with van der Waals surface area (Å²) < 4.78 is 29.5. The highest BCUT2D eigenvalue weighted by atomic mass is 19.3. The van der Waals surface area contributed by atoms with Crippen molar-refractivity contribution in [3.05, 3.63) is 29.8 Å². The van der Waals surface area contributed by atoms with Gasteiger partial charge in [-0.15, -0.1) is 0 Å². The van der Waals surface area contributed by atoms with Gasteiger partial charge < -0.3 is 15.2 Å². The van der Waals surface area contributed by atoms with Crippen LogP contribution >= 0.6 is 0 Å². The summed E-state index contributed by atoms with van der Waals surface area (Å²) in [6.45, 7) is 0.413. The smallest absolute Gasteiger partial charge is 0.387 e. The Morgan fingerprint density at radius 2 is 2.19 bits per heavy atom. The number of ether oxygens (including phenoxy) is 1. The third-order valence-corrected chi connectivity index (χ3v) is 3.65. The quantitative estimate of drug-likeness (QED) is 0.867. The molecule has 5 nitrogen and oxygen atoms in total. The molecule has 1 fully saturated rings. The van der Waals surface area contributed by atoms with Gasteiger partial charge in [-0.2, -0.15) is 8.78 Å². The fourth-order valence-electron chi connectivity index (χ4n) is 2.62. The van der Waals surface area contributed by atoms with Crippen LogP contribution in [0, 0.1) is 0 Å². The van der Waals surface area contributed by atoms with Crippen molar-refractivity contribution >= 4 is 5.97 Å². The minimum absolute atomic E-state index is 0.0858. The predicted octanol–water partition coefficient (Wildman–Crippen LogP) is 1.71. The van der Waals surface area contributed by atoms with Gasteiger partial charge in [0.15, 0.2) is 0 Å². The first-order valence-electron chi connectivity index (χ1n) is 6.73. The number of halogens is 2. The van der Waals surface area contributed by atoms with Crippen LogP contribution in [0.15, 0.2) is 24.3 Å². The van der Waals surface area contributed by atoms with Crippen LogP contribution in [0.25, 0.3) is 0 Å². The zero-order chi connectivity index (χ0) is 15.4. The summed E-state index contributed by atoms with van der Waals surface area (Å²) in [5.74, 6) is -0.844. The number of hydrogen-bond donors (Lipinski definition) is 2. The molecule has 21 heavy (non-hydrogen) atoms. The van der Waals surface area contributed by atoms with Crippen LogP contribution in [0.5, 0.6) is 5.75 Å². The van der Waals surface area contributed by atoms with Gasteiger partial charge in [-0.1, -0.05) is 18.2 Å². The molecule has 2 N–H and O–H groups in total. The number of nitrogens with one attached hydrogen (secondary N) is 1. The monoisotopic (exact) mass is 300 g/mol. The molecule has 1 aliphatic rings. The van der Waals surface area contributed by atoms with E-state index in [1.807, 2.05) is 0 Å². The Labute approximate surface area is 121 Å². The van der Waals surface area contributed by atoms with Crippen molar-refractivity contribution in [2.75, 3.05) is 19.6 Å². The second kappa shape index (κ2) is 6.82. The van der Waals surface area contributed by atoms with Crippen molar-refractivity contribution in [2.24, 2.45) is 0 Å². The first kappa shape index (κ1) is 15.7. The van der Waals surface area contributed by atoms with Gasteiger partial charge in [0.1, 0.15) is 11.8 Å². The maximum absolute atomic E-state index is 12.5. The molecule has 2 unspecified atom stereocenters. The Hall–Kier alpha value is -1.73. The molecule has 0 aromatic heterocycles. The van der Waals surface area contributed by atoms with Gasteiger partial charge in [-0.3, -0.25) is 9.69 Å². The summed E-state index contributed by atoms with van der Waals surface area (Å²) in [5, 5.41) is 12.3. The van der Waals surface area contributed by atoms with Gasteiger partial charge in [0.25, 0.3) is 0 Å². The lowest BCUT2D eigenvalue weighted by molar-refractivity contribution is -0.145. The summed E-state index contributed by atoms with van der Waals surface area (Å²) in [6.07, 6.45) is 0. The first-order chi connectivity index (χ1) is 10.0. The van der Waals surface area contributed by atoms with Gasteiger partial charge in [0.05, 0.1) is 0 Å². The standard InChI is InChI=1S/C14H18F2N2O3/c1-9(18-7-6-17-8-11(18)13(19)20)10-4-2-3-5-12(10)21-14(15)16/h2-5,9,11,14,17H,6-8H2,1H3,(H,19,20). The summed E-state index contributed by atoms with van der Waals surface area (Å²) in [7, 11) is 0. The molecule has 0 radical (unpaired) electrons. The molecular weight excluding hydrogens is 282 g/mol. The normalized spacial score (nSPS) is 21.2. The summed E-state index contributed by atoms with van der Waals surface area (Å²) in [5.41, 5.74) is 0.561. The molecule has 1 saturated heterocycles. The maximum atomic E-state index is 12.5. The molecule has 116 valence electrons. The molecule has 1 heterocycles. The number of benzene rings is 1. The second-order valence-corrected chi connectivity index (χ2v) is 4.89. The zero-order valence-corrected chi connectivity index (χ0v) is 11.6. The largest absolute Gasteiger partial charge is 0.480 e. The first-order valence-corrected chi connectivity index (χ1v) is 6.73. The number of para-hydroxylation sites is 1. The molecule has 1 aromatic carbocycles. The van der Waals surface area contributed by atoms with Crippen LogP contribution in [0.3, 0.4) is 0 Å². The highest BCUT2D eigenvalue weighted by Crippen LogP contribution is 2.31. The van der Waals surface area contributed by atoms with E-state index in [1.54, 1.807) is 30.0 Å². The summed E-state index contributed by atoms with van der Waals surface area (Å²) in [4.78, 5) is 13.1. The SMILES string of the molecule is CC(c1ccccc1OC(F)F)N1CCNCC1C(=O)O. The Morgan fingerprint density at radius 1 is 1.48 bits per heavy atom. The number of rotatable bonds is 5. The Kier molecular flexibility index (Phi) is 5.08. The lowest BCUT2D eigenvalue weighted by atomic mass is 10.0. The van der Waals surface area contributed by atoms with Crippen LogP contribution in [0.4, 0.5) is 8.78 Å². The Balaban J connectivity index is 2.25. The van der Waals surface area contributed by atoms with Crippen LogP contribution in [-0.4, -0.2) is 48.3 Å². The minimum atomic E-state index is -2.91. The summed E-state index contributed by atoms with van der Waals surface area (Å²) >= 11 is 0. The van der Waals surface area contributed by atoms with E-state index in [-0.39, 0.29) is 11.8 Å². The van der Waals surface area contributed by atoms with E-state index < -0.39 is 18.6 Å². The lowest BCUT2D eigenvalue weighted by Crippen LogP contribution is -2.55. The average molecular weight is 300 g/mol. The van der Waals surface area contributed by atoms with E-state index in [0.717, 1.165) is 0 Å². The van der Waals surface area contributed by atoms with Crippen LogP contribution < -0.4 is 10.1 Å². The fourth-order valence-corrected chi connectivity index (χ4v) is 2.62. The van der Waals surface area contributed by atoms with Gasteiger partial charge in [0, 0.05) is 31.2 Å². The molecule has 2 rings (SSSR count). The van der Waals surface area contributed by atoms with Gasteiger partial charge in [0.2, 0.25) is 0 Å². The van der Waals surface area contributed by atoms with Crippen molar-refractivity contribution < 1.29 is 23.4 Å². The molecule has 1 aromatic rings. The number of hydrogen-bond acceptors (Lipinski definition) is 4. The van der Waals surface area contributed by atoms with Crippen molar-refractivity contribution in [3.8, 4) is 5.75 Å². The van der Waals surface area contributed by atoms with E-state index >= 15 is 0 Å². The highest BCUT2D eigenvalue weighted by Gasteiger charge is 2.33. The van der Waals surface area contributed by atoms with E-state index in [4.69, 9.17) is 0 Å². The lowest BCUT2D eigenvalue weighted by Gasteiger charge is -2.38. The fraction of sp³-hybridized carbons (Fsp3) is 0.500. The zero-order valence-electron chi connectivity index (χ0n) is 11.6. The molecule has 7 heteroatoms. The maximum Gasteiger partial charge on any atom is 0.387 e.